The van der Waals surface area contributed by atoms with Gasteiger partial charge < -0.3 is 0 Å². The summed E-state index contributed by atoms with van der Waals surface area (Å²) in [5.41, 5.74) is 1.87. The highest BCUT2D eigenvalue weighted by Gasteiger charge is 2.14. The Hall–Kier alpha value is -0.400. The molecule has 0 bridgehead atoms. The first-order chi connectivity index (χ1) is 8.09. The molecule has 4 heteroatoms. The number of benzene rings is 2. The van der Waals surface area contributed by atoms with Gasteiger partial charge in [0, 0.05) is 6.42 Å². The van der Waals surface area contributed by atoms with Crippen LogP contribution in [-0.4, -0.2) is 0 Å². The molecule has 17 heavy (non-hydrogen) atoms. The van der Waals surface area contributed by atoms with Gasteiger partial charge in [0.05, 0.1) is 20.1 Å². The summed E-state index contributed by atoms with van der Waals surface area (Å²) in [6, 6.07) is 11.4. The van der Waals surface area contributed by atoms with E-state index < -0.39 is 0 Å². The van der Waals surface area contributed by atoms with Gasteiger partial charge in [0.15, 0.2) is 0 Å². The summed E-state index contributed by atoms with van der Waals surface area (Å²) in [7, 11) is 0. The molecule has 0 atom stereocenters. The van der Waals surface area contributed by atoms with Crippen molar-refractivity contribution >= 4 is 46.4 Å². The Morgan fingerprint density at radius 3 is 1.82 bits per heavy atom. The van der Waals surface area contributed by atoms with Gasteiger partial charge in [-0.05, 0) is 17.2 Å². The topological polar surface area (TPSA) is 0 Å². The van der Waals surface area contributed by atoms with Gasteiger partial charge in [-0.25, -0.2) is 0 Å². The van der Waals surface area contributed by atoms with Crippen LogP contribution in [-0.2, 0) is 6.42 Å². The van der Waals surface area contributed by atoms with E-state index >= 15 is 0 Å². The van der Waals surface area contributed by atoms with Crippen LogP contribution >= 0.6 is 46.4 Å². The largest absolute Gasteiger partial charge is 0.0826 e. The van der Waals surface area contributed by atoms with E-state index in [0.29, 0.717) is 26.5 Å². The van der Waals surface area contributed by atoms with Gasteiger partial charge in [-0.15, -0.1) is 0 Å². The Morgan fingerprint density at radius 1 is 0.765 bits per heavy atom. The van der Waals surface area contributed by atoms with Gasteiger partial charge in [-0.3, -0.25) is 0 Å². The van der Waals surface area contributed by atoms with Crippen molar-refractivity contribution in [3.05, 3.63) is 67.6 Å². The summed E-state index contributed by atoms with van der Waals surface area (Å²) < 4.78 is 0. The Bertz CT molecular complexity index is 509. The van der Waals surface area contributed by atoms with Gasteiger partial charge in [-0.1, -0.05) is 76.7 Å². The van der Waals surface area contributed by atoms with Crippen molar-refractivity contribution < 1.29 is 0 Å². The Labute approximate surface area is 120 Å². The SMILES string of the molecule is Clc1cc(Cl)c(Cl)c(Cc2ccccc2)c1Cl. The molecule has 0 unspecified atom stereocenters. The first-order valence-corrected chi connectivity index (χ1v) is 6.46. The molecule has 0 spiro atoms. The molecule has 2 aromatic carbocycles. The zero-order valence-corrected chi connectivity index (χ0v) is 11.7. The maximum Gasteiger partial charge on any atom is 0.0643 e. The molecule has 2 rings (SSSR count). The fourth-order valence-electron chi connectivity index (χ4n) is 1.58. The summed E-state index contributed by atoms with van der Waals surface area (Å²) in [5.74, 6) is 0. The second kappa shape index (κ2) is 5.49. The number of halogens is 4. The van der Waals surface area contributed by atoms with Crippen LogP contribution in [0.4, 0.5) is 0 Å². The van der Waals surface area contributed by atoms with Crippen molar-refractivity contribution in [2.75, 3.05) is 0 Å². The molecule has 0 fully saturated rings. The predicted molar refractivity (Wildman–Crippen MR) is 75.7 cm³/mol. The van der Waals surface area contributed by atoms with Gasteiger partial charge >= 0.3 is 0 Å². The molecular weight excluding hydrogens is 298 g/mol. The van der Waals surface area contributed by atoms with E-state index in [4.69, 9.17) is 46.4 Å². The lowest BCUT2D eigenvalue weighted by molar-refractivity contribution is 1.19. The molecule has 0 aliphatic carbocycles. The average molecular weight is 306 g/mol. The number of rotatable bonds is 2. The maximum absolute atomic E-state index is 6.15. The fourth-order valence-corrected chi connectivity index (χ4v) is 2.56. The minimum Gasteiger partial charge on any atom is -0.0826 e. The van der Waals surface area contributed by atoms with Crippen LogP contribution in [0.3, 0.4) is 0 Å². The first-order valence-electron chi connectivity index (χ1n) is 4.95. The molecule has 0 saturated heterocycles. The minimum atomic E-state index is 0.423. The lowest BCUT2D eigenvalue weighted by Crippen LogP contribution is -1.92. The van der Waals surface area contributed by atoms with E-state index in [1.807, 2.05) is 30.3 Å². The first kappa shape index (κ1) is 13.0. The molecule has 0 nitrogen and oxygen atoms in total. The van der Waals surface area contributed by atoms with E-state index in [1.54, 1.807) is 6.07 Å². The molecule has 0 aliphatic heterocycles. The second-order valence-electron chi connectivity index (χ2n) is 3.61. The molecule has 0 N–H and O–H groups in total. The third kappa shape index (κ3) is 2.89. The normalized spacial score (nSPS) is 10.6. The van der Waals surface area contributed by atoms with Crippen LogP contribution in [0.25, 0.3) is 0 Å². The highest BCUT2D eigenvalue weighted by molar-refractivity contribution is 6.48. The van der Waals surface area contributed by atoms with Crippen molar-refractivity contribution in [1.82, 2.24) is 0 Å². The van der Waals surface area contributed by atoms with Crippen molar-refractivity contribution in [2.45, 2.75) is 6.42 Å². The Kier molecular flexibility index (Phi) is 4.22. The van der Waals surface area contributed by atoms with Crippen LogP contribution in [0.2, 0.25) is 20.1 Å². The van der Waals surface area contributed by atoms with Crippen LogP contribution in [0.1, 0.15) is 11.1 Å². The molecular formula is C13H8Cl4. The van der Waals surface area contributed by atoms with Gasteiger partial charge in [0.1, 0.15) is 0 Å². The Morgan fingerprint density at radius 2 is 1.29 bits per heavy atom. The summed E-state index contributed by atoms with van der Waals surface area (Å²) in [5, 5.41) is 1.77. The third-order valence-electron chi connectivity index (χ3n) is 2.43. The minimum absolute atomic E-state index is 0.423. The molecule has 0 saturated carbocycles. The van der Waals surface area contributed by atoms with Crippen molar-refractivity contribution in [2.24, 2.45) is 0 Å². The average Bonchev–Trinajstić information content (AvgIpc) is 2.33. The maximum atomic E-state index is 6.15. The number of hydrogen-bond acceptors (Lipinski definition) is 0. The van der Waals surface area contributed by atoms with Gasteiger partial charge in [0.2, 0.25) is 0 Å². The summed E-state index contributed by atoms with van der Waals surface area (Å²) in [6.45, 7) is 0. The van der Waals surface area contributed by atoms with E-state index in [-0.39, 0.29) is 0 Å². The van der Waals surface area contributed by atoms with Crippen molar-refractivity contribution in [1.29, 1.82) is 0 Å². The second-order valence-corrected chi connectivity index (χ2v) is 5.18. The molecule has 0 aromatic heterocycles. The van der Waals surface area contributed by atoms with Gasteiger partial charge in [-0.2, -0.15) is 0 Å². The zero-order chi connectivity index (χ0) is 12.4. The van der Waals surface area contributed by atoms with Crippen molar-refractivity contribution in [3.63, 3.8) is 0 Å². The van der Waals surface area contributed by atoms with Crippen LogP contribution in [0, 0.1) is 0 Å². The third-order valence-corrected chi connectivity index (χ3v) is 4.08. The molecule has 0 amide bonds. The van der Waals surface area contributed by atoms with Crippen molar-refractivity contribution in [3.8, 4) is 0 Å². The summed E-state index contributed by atoms with van der Waals surface area (Å²) in [6.07, 6.45) is 0.610. The molecule has 0 aliphatic rings. The van der Waals surface area contributed by atoms with E-state index in [0.717, 1.165) is 11.1 Å². The highest BCUT2D eigenvalue weighted by atomic mass is 35.5. The standard InChI is InChI=1S/C13H8Cl4/c14-10-7-11(15)13(17)9(12(10)16)6-8-4-2-1-3-5-8/h1-5,7H,6H2. The number of hydrogen-bond donors (Lipinski definition) is 0. The highest BCUT2D eigenvalue weighted by Crippen LogP contribution is 2.38. The molecule has 0 heterocycles. The zero-order valence-electron chi connectivity index (χ0n) is 8.68. The van der Waals surface area contributed by atoms with E-state index in [9.17, 15) is 0 Å². The monoisotopic (exact) mass is 304 g/mol. The predicted octanol–water partition coefficient (Wildman–Crippen LogP) is 5.89. The molecule has 0 radical (unpaired) electrons. The quantitative estimate of drug-likeness (QED) is 0.607. The lowest BCUT2D eigenvalue weighted by Gasteiger charge is -2.10. The van der Waals surface area contributed by atoms with Gasteiger partial charge in [0.25, 0.3) is 0 Å². The Balaban J connectivity index is 2.46. The van der Waals surface area contributed by atoms with E-state index in [2.05, 4.69) is 0 Å². The smallest absolute Gasteiger partial charge is 0.0643 e. The lowest BCUT2D eigenvalue weighted by atomic mass is 10.0. The van der Waals surface area contributed by atoms with Crippen LogP contribution in [0.5, 0.6) is 0 Å². The van der Waals surface area contributed by atoms with E-state index in [1.165, 1.54) is 0 Å². The molecule has 2 aromatic rings. The fraction of sp³-hybridized carbons (Fsp3) is 0.0769. The molecule has 88 valence electrons. The van der Waals surface area contributed by atoms with Crippen LogP contribution < -0.4 is 0 Å². The van der Waals surface area contributed by atoms with Crippen LogP contribution in [0.15, 0.2) is 36.4 Å². The summed E-state index contributed by atoms with van der Waals surface area (Å²) in [4.78, 5) is 0. The summed E-state index contributed by atoms with van der Waals surface area (Å²) >= 11 is 24.3.